The van der Waals surface area contributed by atoms with E-state index in [2.05, 4.69) is 10.3 Å². The Morgan fingerprint density at radius 1 is 1.35 bits per heavy atom. The average Bonchev–Trinajstić information content (AvgIpc) is 3.01. The molecule has 1 aliphatic rings. The third kappa shape index (κ3) is 3.83. The van der Waals surface area contributed by atoms with E-state index in [1.54, 1.807) is 25.0 Å². The molecule has 6 nitrogen and oxygen atoms in total. The SMILES string of the molecule is O=[SH](=O)CN1CC=C(c2c(F)cccc2[CH]n2ccnn2)CC1. The zero-order chi connectivity index (χ0) is 16.2. The Hall–Kier alpha value is -2.06. The molecule has 1 aliphatic heterocycles. The van der Waals surface area contributed by atoms with Crippen LogP contribution in [-0.2, 0) is 10.7 Å². The second kappa shape index (κ2) is 7.01. The predicted octanol–water partition coefficient (Wildman–Crippen LogP) is 1.13. The molecule has 1 radical (unpaired) electrons. The molecule has 0 saturated heterocycles. The van der Waals surface area contributed by atoms with Crippen molar-refractivity contribution in [3.8, 4) is 0 Å². The maximum Gasteiger partial charge on any atom is 0.153 e. The van der Waals surface area contributed by atoms with Gasteiger partial charge in [0.15, 0.2) is 10.7 Å². The molecule has 8 heteroatoms. The highest BCUT2D eigenvalue weighted by Crippen LogP contribution is 2.29. The first-order valence-electron chi connectivity index (χ1n) is 7.16. The summed E-state index contributed by atoms with van der Waals surface area (Å²) in [4.78, 5) is 1.82. The van der Waals surface area contributed by atoms with Crippen LogP contribution in [0.1, 0.15) is 17.5 Å². The van der Waals surface area contributed by atoms with Crippen molar-refractivity contribution in [1.29, 1.82) is 0 Å². The molecule has 3 rings (SSSR count). The minimum Gasteiger partial charge on any atom is -0.286 e. The van der Waals surface area contributed by atoms with Gasteiger partial charge in [0.2, 0.25) is 0 Å². The normalized spacial score (nSPS) is 15.8. The number of hydrogen-bond acceptors (Lipinski definition) is 5. The summed E-state index contributed by atoms with van der Waals surface area (Å²) in [6.07, 6.45) is 5.72. The summed E-state index contributed by atoms with van der Waals surface area (Å²) >= 11 is 0. The number of aromatic nitrogens is 3. The lowest BCUT2D eigenvalue weighted by Gasteiger charge is -2.25. The first kappa shape index (κ1) is 15.8. The van der Waals surface area contributed by atoms with Crippen molar-refractivity contribution in [3.05, 3.63) is 60.2 Å². The molecule has 0 N–H and O–H groups in total. The van der Waals surface area contributed by atoms with E-state index in [-0.39, 0.29) is 11.7 Å². The molecule has 0 atom stereocenters. The molecule has 0 bridgehead atoms. The summed E-state index contributed by atoms with van der Waals surface area (Å²) < 4.78 is 37.5. The van der Waals surface area contributed by atoms with Crippen LogP contribution in [0, 0.1) is 12.4 Å². The molecular formula is C15H16FN4O2S. The molecule has 121 valence electrons. The molecule has 1 aromatic heterocycles. The zero-order valence-electron chi connectivity index (χ0n) is 12.3. The molecular weight excluding hydrogens is 319 g/mol. The van der Waals surface area contributed by atoms with Crippen LogP contribution < -0.4 is 0 Å². The molecule has 0 fully saturated rings. The third-order valence-corrected chi connectivity index (χ3v) is 4.32. The van der Waals surface area contributed by atoms with E-state index in [9.17, 15) is 12.8 Å². The van der Waals surface area contributed by atoms with Gasteiger partial charge in [0.05, 0.1) is 12.1 Å². The largest absolute Gasteiger partial charge is 0.286 e. The first-order chi connectivity index (χ1) is 11.1. The molecule has 0 amide bonds. The minimum atomic E-state index is -2.43. The van der Waals surface area contributed by atoms with E-state index in [0.717, 1.165) is 5.57 Å². The van der Waals surface area contributed by atoms with Crippen molar-refractivity contribution in [2.75, 3.05) is 19.0 Å². The monoisotopic (exact) mass is 335 g/mol. The Morgan fingerprint density at radius 3 is 2.87 bits per heavy atom. The molecule has 0 aliphatic carbocycles. The topological polar surface area (TPSA) is 68.1 Å². The lowest BCUT2D eigenvalue weighted by molar-refractivity contribution is 0.348. The molecule has 2 heterocycles. The lowest BCUT2D eigenvalue weighted by atomic mass is 9.94. The maximum atomic E-state index is 14.4. The third-order valence-electron chi connectivity index (χ3n) is 3.69. The van der Waals surface area contributed by atoms with Gasteiger partial charge in [-0.2, -0.15) is 0 Å². The number of rotatable bonds is 5. The Morgan fingerprint density at radius 2 is 2.22 bits per heavy atom. The average molecular weight is 335 g/mol. The number of nitrogens with zero attached hydrogens (tertiary/aromatic N) is 4. The molecule has 0 spiro atoms. The van der Waals surface area contributed by atoms with Gasteiger partial charge in [0.1, 0.15) is 12.4 Å². The number of benzene rings is 1. The Balaban J connectivity index is 1.86. The highest BCUT2D eigenvalue weighted by Gasteiger charge is 2.19. The van der Waals surface area contributed by atoms with Crippen LogP contribution in [0.15, 0.2) is 36.7 Å². The van der Waals surface area contributed by atoms with E-state index >= 15 is 0 Å². The van der Waals surface area contributed by atoms with Crippen molar-refractivity contribution < 1.29 is 12.8 Å². The van der Waals surface area contributed by atoms with Crippen LogP contribution >= 0.6 is 0 Å². The van der Waals surface area contributed by atoms with Gasteiger partial charge in [-0.15, -0.1) is 5.10 Å². The Kier molecular flexibility index (Phi) is 4.82. The van der Waals surface area contributed by atoms with Crippen molar-refractivity contribution >= 4 is 16.3 Å². The highest BCUT2D eigenvalue weighted by atomic mass is 32.2. The van der Waals surface area contributed by atoms with Crippen LogP contribution in [0.5, 0.6) is 0 Å². The van der Waals surface area contributed by atoms with Crippen LogP contribution in [0.2, 0.25) is 0 Å². The number of halogens is 1. The number of hydrogen-bond donors (Lipinski definition) is 1. The van der Waals surface area contributed by atoms with Crippen molar-refractivity contribution in [3.63, 3.8) is 0 Å². The Labute approximate surface area is 135 Å². The summed E-state index contributed by atoms with van der Waals surface area (Å²) in [5, 5.41) is 7.60. The van der Waals surface area contributed by atoms with E-state index < -0.39 is 10.7 Å². The lowest BCUT2D eigenvalue weighted by Crippen LogP contribution is -2.30. The fourth-order valence-corrected chi connectivity index (χ4v) is 3.23. The second-order valence-electron chi connectivity index (χ2n) is 5.25. The van der Waals surface area contributed by atoms with E-state index in [4.69, 9.17) is 0 Å². The highest BCUT2D eigenvalue weighted by molar-refractivity contribution is 7.72. The van der Waals surface area contributed by atoms with Crippen LogP contribution in [0.4, 0.5) is 4.39 Å². The van der Waals surface area contributed by atoms with Gasteiger partial charge < -0.3 is 0 Å². The molecule has 1 aromatic carbocycles. The quantitative estimate of drug-likeness (QED) is 0.830. The predicted molar refractivity (Wildman–Crippen MR) is 84.6 cm³/mol. The standard InChI is InChI=1S/C15H16FN4O2S/c16-14-3-1-2-13(10-20-9-6-17-18-20)15(14)12-4-7-19(8-5-12)11-23(21)22/h1-4,6,9-10,23H,5,7-8,11H2. The molecule has 0 unspecified atom stereocenters. The van der Waals surface area contributed by atoms with Gasteiger partial charge in [-0.3, -0.25) is 4.90 Å². The summed E-state index contributed by atoms with van der Waals surface area (Å²) in [5.41, 5.74) is 2.13. The summed E-state index contributed by atoms with van der Waals surface area (Å²) in [7, 11) is -2.43. The van der Waals surface area contributed by atoms with E-state index in [0.29, 0.717) is 30.6 Å². The molecule has 23 heavy (non-hydrogen) atoms. The number of thiol groups is 1. The van der Waals surface area contributed by atoms with Crippen LogP contribution in [0.25, 0.3) is 5.57 Å². The van der Waals surface area contributed by atoms with Crippen molar-refractivity contribution in [2.24, 2.45) is 0 Å². The zero-order valence-corrected chi connectivity index (χ0v) is 13.2. The van der Waals surface area contributed by atoms with Crippen LogP contribution in [0.3, 0.4) is 0 Å². The Bertz CT molecular complexity index is 779. The van der Waals surface area contributed by atoms with Gasteiger partial charge in [-0.05, 0) is 23.6 Å². The van der Waals surface area contributed by atoms with Crippen molar-refractivity contribution in [1.82, 2.24) is 19.9 Å². The minimum absolute atomic E-state index is 0.0360. The molecule has 0 saturated carbocycles. The smallest absolute Gasteiger partial charge is 0.153 e. The van der Waals surface area contributed by atoms with Crippen LogP contribution in [-0.4, -0.2) is 47.3 Å². The van der Waals surface area contributed by atoms with Crippen molar-refractivity contribution in [2.45, 2.75) is 6.42 Å². The van der Waals surface area contributed by atoms with Gasteiger partial charge >= 0.3 is 0 Å². The van der Waals surface area contributed by atoms with Gasteiger partial charge in [0.25, 0.3) is 0 Å². The van der Waals surface area contributed by atoms with Gasteiger partial charge in [-0.25, -0.2) is 17.5 Å². The first-order valence-corrected chi connectivity index (χ1v) is 8.52. The fourth-order valence-electron chi connectivity index (χ4n) is 2.65. The second-order valence-corrected chi connectivity index (χ2v) is 6.20. The van der Waals surface area contributed by atoms with E-state index in [1.807, 2.05) is 17.0 Å². The molecule has 2 aromatic rings. The summed E-state index contributed by atoms with van der Waals surface area (Å²) in [5.74, 6) is -0.262. The van der Waals surface area contributed by atoms with Gasteiger partial charge in [0, 0.05) is 24.8 Å². The summed E-state index contributed by atoms with van der Waals surface area (Å²) in [6, 6.07) is 4.90. The fraction of sp³-hybridized carbons (Fsp3) is 0.267. The summed E-state index contributed by atoms with van der Waals surface area (Å²) in [6.45, 7) is 2.80. The maximum absolute atomic E-state index is 14.4. The van der Waals surface area contributed by atoms with Gasteiger partial charge in [-0.1, -0.05) is 23.4 Å². The van der Waals surface area contributed by atoms with E-state index in [1.165, 1.54) is 10.7 Å².